The Morgan fingerprint density at radius 2 is 1.77 bits per heavy atom. The van der Waals surface area contributed by atoms with Crippen LogP contribution in [0.2, 0.25) is 0 Å². The zero-order valence-electron chi connectivity index (χ0n) is 17.3. The van der Waals surface area contributed by atoms with Crippen molar-refractivity contribution in [3.05, 3.63) is 41.0 Å². The van der Waals surface area contributed by atoms with Crippen LogP contribution in [0.1, 0.15) is 42.6 Å². The second-order valence-electron chi connectivity index (χ2n) is 8.27. The molecule has 3 atom stereocenters. The van der Waals surface area contributed by atoms with Gasteiger partial charge in [0.1, 0.15) is 41.3 Å². The highest BCUT2D eigenvalue weighted by atomic mass is 16.5. The standard InChI is InChI=1S/C23H24O7/c1-23(2)6-5-11-14(30-23)9-17-20(21(11)24)22(25)19-12-7-15(26-3)16(27-4)8-13(12)28-10-18(19)29-17/h5-9,18-19,22,24-25H,10H2,1-4H3. The van der Waals surface area contributed by atoms with Crippen LogP contribution in [0, 0.1) is 0 Å². The van der Waals surface area contributed by atoms with Gasteiger partial charge in [0.15, 0.2) is 11.5 Å². The summed E-state index contributed by atoms with van der Waals surface area (Å²) in [4.78, 5) is 0. The van der Waals surface area contributed by atoms with Gasteiger partial charge in [-0.3, -0.25) is 0 Å². The zero-order chi connectivity index (χ0) is 21.2. The predicted molar refractivity (Wildman–Crippen MR) is 109 cm³/mol. The van der Waals surface area contributed by atoms with E-state index in [1.54, 1.807) is 32.4 Å². The number of aliphatic hydroxyl groups excluding tert-OH is 1. The molecular formula is C23H24O7. The lowest BCUT2D eigenvalue weighted by molar-refractivity contribution is -0.000442. The molecule has 0 radical (unpaired) electrons. The second kappa shape index (κ2) is 6.47. The Kier molecular flexibility index (Phi) is 4.08. The Balaban J connectivity index is 1.63. The van der Waals surface area contributed by atoms with E-state index in [2.05, 4.69) is 0 Å². The zero-order valence-corrected chi connectivity index (χ0v) is 17.3. The van der Waals surface area contributed by atoms with Crippen molar-refractivity contribution in [3.63, 3.8) is 0 Å². The lowest BCUT2D eigenvalue weighted by atomic mass is 9.79. The van der Waals surface area contributed by atoms with Gasteiger partial charge in [0.2, 0.25) is 0 Å². The minimum atomic E-state index is -0.992. The minimum absolute atomic E-state index is 0.0336. The molecule has 7 heteroatoms. The van der Waals surface area contributed by atoms with E-state index in [9.17, 15) is 10.2 Å². The van der Waals surface area contributed by atoms with Gasteiger partial charge in [0.05, 0.1) is 37.4 Å². The average Bonchev–Trinajstić information content (AvgIpc) is 2.71. The highest BCUT2D eigenvalue weighted by molar-refractivity contribution is 5.72. The van der Waals surface area contributed by atoms with E-state index in [4.69, 9.17) is 23.7 Å². The Bertz CT molecular complexity index is 1060. The number of hydrogen-bond acceptors (Lipinski definition) is 7. The van der Waals surface area contributed by atoms with E-state index in [0.29, 0.717) is 39.9 Å². The van der Waals surface area contributed by atoms with Crippen molar-refractivity contribution in [1.82, 2.24) is 0 Å². The molecule has 0 bridgehead atoms. The molecule has 0 aliphatic carbocycles. The van der Waals surface area contributed by atoms with Gasteiger partial charge in [0, 0.05) is 17.7 Å². The van der Waals surface area contributed by atoms with Gasteiger partial charge in [-0.15, -0.1) is 0 Å². The van der Waals surface area contributed by atoms with Gasteiger partial charge in [-0.05, 0) is 32.1 Å². The number of phenolic OH excluding ortho intramolecular Hbond substituents is 1. The lowest BCUT2D eigenvalue weighted by Gasteiger charge is -2.42. The van der Waals surface area contributed by atoms with Crippen LogP contribution in [0.4, 0.5) is 0 Å². The third-order valence-corrected chi connectivity index (χ3v) is 5.92. The molecule has 2 aromatic carbocycles. The summed E-state index contributed by atoms with van der Waals surface area (Å²) in [5, 5.41) is 22.3. The molecule has 3 heterocycles. The van der Waals surface area contributed by atoms with E-state index in [1.165, 1.54) is 0 Å². The molecular weight excluding hydrogens is 388 g/mol. The smallest absolute Gasteiger partial charge is 0.164 e. The van der Waals surface area contributed by atoms with Crippen molar-refractivity contribution in [3.8, 4) is 34.5 Å². The fraction of sp³-hybridized carbons (Fsp3) is 0.391. The number of ether oxygens (including phenoxy) is 5. The van der Waals surface area contributed by atoms with Gasteiger partial charge in [-0.2, -0.15) is 0 Å². The van der Waals surface area contributed by atoms with Gasteiger partial charge < -0.3 is 33.9 Å². The molecule has 0 fully saturated rings. The van der Waals surface area contributed by atoms with Gasteiger partial charge in [0.25, 0.3) is 0 Å². The first-order valence-corrected chi connectivity index (χ1v) is 9.84. The molecule has 3 unspecified atom stereocenters. The lowest BCUT2D eigenvalue weighted by Crippen LogP contribution is -2.42. The summed E-state index contributed by atoms with van der Waals surface area (Å²) < 4.78 is 28.8. The van der Waals surface area contributed by atoms with E-state index < -0.39 is 23.7 Å². The molecule has 5 rings (SSSR count). The van der Waals surface area contributed by atoms with Crippen LogP contribution in [0.5, 0.6) is 34.5 Å². The monoisotopic (exact) mass is 412 g/mol. The normalized spacial score (nSPS) is 24.8. The number of methoxy groups -OCH3 is 2. The van der Waals surface area contributed by atoms with Crippen molar-refractivity contribution < 1.29 is 33.9 Å². The van der Waals surface area contributed by atoms with Crippen molar-refractivity contribution >= 4 is 6.08 Å². The molecule has 3 aliphatic rings. The SMILES string of the molecule is COc1cc2c(cc1OC)C1C(CO2)Oc2cc3c(c(O)c2C1O)C=CC(C)(C)O3. The number of rotatable bonds is 2. The van der Waals surface area contributed by atoms with Crippen molar-refractivity contribution in [2.24, 2.45) is 0 Å². The summed E-state index contributed by atoms with van der Waals surface area (Å²) in [5.41, 5.74) is 1.14. The number of aromatic hydroxyl groups is 1. The van der Waals surface area contributed by atoms with Gasteiger partial charge in [-0.25, -0.2) is 0 Å². The molecule has 0 aromatic heterocycles. The van der Waals surface area contributed by atoms with Crippen LogP contribution < -0.4 is 23.7 Å². The van der Waals surface area contributed by atoms with E-state index >= 15 is 0 Å². The largest absolute Gasteiger partial charge is 0.507 e. The number of phenols is 1. The Labute approximate surface area is 174 Å². The van der Waals surface area contributed by atoms with Crippen molar-refractivity contribution in [2.45, 2.75) is 37.6 Å². The van der Waals surface area contributed by atoms with Gasteiger partial charge >= 0.3 is 0 Å². The molecule has 0 spiro atoms. The van der Waals surface area contributed by atoms with Crippen molar-refractivity contribution in [2.75, 3.05) is 20.8 Å². The molecule has 30 heavy (non-hydrogen) atoms. The second-order valence-corrected chi connectivity index (χ2v) is 8.27. The molecule has 7 nitrogen and oxygen atoms in total. The fourth-order valence-electron chi connectivity index (χ4n) is 4.44. The van der Waals surface area contributed by atoms with Crippen LogP contribution in [0.25, 0.3) is 6.08 Å². The summed E-state index contributed by atoms with van der Waals surface area (Å²) in [5.74, 6) is 2.13. The maximum Gasteiger partial charge on any atom is 0.164 e. The van der Waals surface area contributed by atoms with E-state index in [1.807, 2.05) is 26.0 Å². The predicted octanol–water partition coefficient (Wildman–Crippen LogP) is 3.56. The highest BCUT2D eigenvalue weighted by Crippen LogP contribution is 2.55. The molecule has 158 valence electrons. The Hall–Kier alpha value is -3.06. The molecule has 2 aromatic rings. The molecule has 2 N–H and O–H groups in total. The number of fused-ring (bicyclic) bond motifs is 5. The first-order chi connectivity index (χ1) is 14.3. The van der Waals surface area contributed by atoms with Crippen LogP contribution in [-0.2, 0) is 0 Å². The summed E-state index contributed by atoms with van der Waals surface area (Å²) in [7, 11) is 3.11. The third kappa shape index (κ3) is 2.69. The topological polar surface area (TPSA) is 86.6 Å². The van der Waals surface area contributed by atoms with E-state index in [0.717, 1.165) is 5.56 Å². The molecule has 0 saturated heterocycles. The summed E-state index contributed by atoms with van der Waals surface area (Å²) in [6, 6.07) is 5.28. The highest BCUT2D eigenvalue weighted by Gasteiger charge is 2.46. The van der Waals surface area contributed by atoms with Crippen LogP contribution >= 0.6 is 0 Å². The van der Waals surface area contributed by atoms with Crippen molar-refractivity contribution in [1.29, 1.82) is 0 Å². The Morgan fingerprint density at radius 3 is 2.50 bits per heavy atom. The number of hydrogen-bond donors (Lipinski definition) is 2. The summed E-state index contributed by atoms with van der Waals surface area (Å²) >= 11 is 0. The molecule has 0 amide bonds. The molecule has 3 aliphatic heterocycles. The first kappa shape index (κ1) is 18.9. The minimum Gasteiger partial charge on any atom is -0.507 e. The quantitative estimate of drug-likeness (QED) is 0.780. The maximum atomic E-state index is 11.3. The van der Waals surface area contributed by atoms with Crippen LogP contribution in [-0.4, -0.2) is 42.7 Å². The van der Waals surface area contributed by atoms with Crippen LogP contribution in [0.15, 0.2) is 24.3 Å². The van der Waals surface area contributed by atoms with E-state index in [-0.39, 0.29) is 12.4 Å². The van der Waals surface area contributed by atoms with Crippen LogP contribution in [0.3, 0.4) is 0 Å². The Morgan fingerprint density at radius 1 is 1.03 bits per heavy atom. The first-order valence-electron chi connectivity index (χ1n) is 9.84. The molecule has 0 saturated carbocycles. The maximum absolute atomic E-state index is 11.3. The third-order valence-electron chi connectivity index (χ3n) is 5.92. The average molecular weight is 412 g/mol. The summed E-state index contributed by atoms with van der Waals surface area (Å²) in [6.45, 7) is 4.12. The summed E-state index contributed by atoms with van der Waals surface area (Å²) in [6.07, 6.45) is 2.27. The fourth-order valence-corrected chi connectivity index (χ4v) is 4.44. The van der Waals surface area contributed by atoms with Gasteiger partial charge in [-0.1, -0.05) is 0 Å². The number of aliphatic hydroxyl groups is 1. The number of benzene rings is 2.